The Labute approximate surface area is 178 Å². The number of aryl methyl sites for hydroxylation is 1. The summed E-state index contributed by atoms with van der Waals surface area (Å²) in [5.74, 6) is -0.0853. The van der Waals surface area contributed by atoms with Crippen molar-refractivity contribution >= 4 is 22.8 Å². The molecule has 1 saturated heterocycles. The van der Waals surface area contributed by atoms with Crippen LogP contribution in [0.2, 0.25) is 0 Å². The minimum Gasteiger partial charge on any atom is -0.376 e. The van der Waals surface area contributed by atoms with Crippen LogP contribution in [0.15, 0.2) is 48.4 Å². The standard InChI is InChI=1S/C22H23N5O2S/c1-15-25-16(13-30-15)11-26-12-19(24-14-26)21-9-18(20-6-2-3-7-27(20)21)22(28)23-10-17-5-4-8-29-17/h2-3,6-7,9,12-14,17H,4-5,8,10-11H2,1H3,(H,23,28)/t17-/m0/s1. The summed E-state index contributed by atoms with van der Waals surface area (Å²) in [6.45, 7) is 4.00. The third kappa shape index (κ3) is 3.76. The van der Waals surface area contributed by atoms with Crippen LogP contribution in [0.3, 0.4) is 0 Å². The molecule has 0 spiro atoms. The van der Waals surface area contributed by atoms with E-state index in [2.05, 4.69) is 20.7 Å². The van der Waals surface area contributed by atoms with Crippen LogP contribution in [-0.2, 0) is 11.3 Å². The molecule has 4 aromatic rings. The Morgan fingerprint density at radius 3 is 3.13 bits per heavy atom. The van der Waals surface area contributed by atoms with Crippen LogP contribution < -0.4 is 5.32 Å². The summed E-state index contributed by atoms with van der Waals surface area (Å²) in [5.41, 5.74) is 4.24. The van der Waals surface area contributed by atoms with Crippen LogP contribution in [-0.4, -0.2) is 44.1 Å². The van der Waals surface area contributed by atoms with Gasteiger partial charge < -0.3 is 19.0 Å². The maximum atomic E-state index is 12.9. The smallest absolute Gasteiger partial charge is 0.253 e. The summed E-state index contributed by atoms with van der Waals surface area (Å²) >= 11 is 1.65. The van der Waals surface area contributed by atoms with Crippen molar-refractivity contribution in [2.24, 2.45) is 0 Å². The van der Waals surface area contributed by atoms with E-state index in [4.69, 9.17) is 4.74 Å². The average molecular weight is 422 g/mol. The Bertz CT molecular complexity index is 1190. The number of fused-ring (bicyclic) bond motifs is 1. The van der Waals surface area contributed by atoms with Gasteiger partial charge in [-0.25, -0.2) is 9.97 Å². The molecule has 1 amide bonds. The first-order valence-electron chi connectivity index (χ1n) is 10.1. The number of nitrogens with one attached hydrogen (secondary N) is 1. The predicted molar refractivity (Wildman–Crippen MR) is 116 cm³/mol. The fourth-order valence-corrected chi connectivity index (χ4v) is 4.49. The molecule has 0 saturated carbocycles. The highest BCUT2D eigenvalue weighted by Gasteiger charge is 2.20. The molecule has 7 nitrogen and oxygen atoms in total. The highest BCUT2D eigenvalue weighted by molar-refractivity contribution is 7.09. The Balaban J connectivity index is 1.41. The molecular weight excluding hydrogens is 398 g/mol. The summed E-state index contributed by atoms with van der Waals surface area (Å²) < 4.78 is 9.65. The maximum absolute atomic E-state index is 12.9. The van der Waals surface area contributed by atoms with Crippen molar-refractivity contribution in [3.63, 3.8) is 0 Å². The number of pyridine rings is 1. The second-order valence-corrected chi connectivity index (χ2v) is 8.60. The number of carbonyl (C=O) groups excluding carboxylic acids is 1. The molecule has 1 fully saturated rings. The lowest BCUT2D eigenvalue weighted by atomic mass is 10.2. The molecule has 1 atom stereocenters. The first-order valence-corrected chi connectivity index (χ1v) is 11.0. The average Bonchev–Trinajstić information content (AvgIpc) is 3.54. The van der Waals surface area contributed by atoms with Crippen LogP contribution in [0.25, 0.3) is 16.9 Å². The van der Waals surface area contributed by atoms with Crippen LogP contribution in [0.5, 0.6) is 0 Å². The second-order valence-electron chi connectivity index (χ2n) is 7.53. The number of nitrogens with zero attached hydrogens (tertiary/aromatic N) is 4. The molecule has 1 aliphatic rings. The van der Waals surface area contributed by atoms with Gasteiger partial charge in [0.1, 0.15) is 5.69 Å². The van der Waals surface area contributed by atoms with Gasteiger partial charge in [-0.2, -0.15) is 0 Å². The molecule has 8 heteroatoms. The fraction of sp³-hybridized carbons (Fsp3) is 0.318. The van der Waals surface area contributed by atoms with Gasteiger partial charge in [0.15, 0.2) is 0 Å². The van der Waals surface area contributed by atoms with Crippen LogP contribution in [0.4, 0.5) is 0 Å². The number of rotatable bonds is 6. The molecule has 30 heavy (non-hydrogen) atoms. The van der Waals surface area contributed by atoms with E-state index < -0.39 is 0 Å². The van der Waals surface area contributed by atoms with E-state index in [0.29, 0.717) is 18.7 Å². The minimum absolute atomic E-state index is 0.0853. The van der Waals surface area contributed by atoms with Crippen molar-refractivity contribution in [2.75, 3.05) is 13.2 Å². The molecule has 4 aromatic heterocycles. The van der Waals surface area contributed by atoms with Crippen molar-refractivity contribution in [1.29, 1.82) is 0 Å². The van der Waals surface area contributed by atoms with Crippen molar-refractivity contribution in [2.45, 2.75) is 32.4 Å². The predicted octanol–water partition coefficient (Wildman–Crippen LogP) is 3.52. The van der Waals surface area contributed by atoms with E-state index in [-0.39, 0.29) is 12.0 Å². The van der Waals surface area contributed by atoms with E-state index in [9.17, 15) is 4.79 Å². The first-order chi connectivity index (χ1) is 14.7. The first kappa shape index (κ1) is 19.0. The lowest BCUT2D eigenvalue weighted by Gasteiger charge is -2.10. The van der Waals surface area contributed by atoms with Crippen LogP contribution in [0, 0.1) is 6.92 Å². The van der Waals surface area contributed by atoms with E-state index in [0.717, 1.165) is 47.1 Å². The summed E-state index contributed by atoms with van der Waals surface area (Å²) in [6, 6.07) is 7.78. The number of hydrogen-bond donors (Lipinski definition) is 1. The second kappa shape index (κ2) is 8.04. The topological polar surface area (TPSA) is 73.5 Å². The third-order valence-electron chi connectivity index (χ3n) is 5.34. The van der Waals surface area contributed by atoms with Crippen molar-refractivity contribution in [1.82, 2.24) is 24.3 Å². The van der Waals surface area contributed by atoms with Gasteiger partial charge >= 0.3 is 0 Å². The fourth-order valence-electron chi connectivity index (χ4n) is 3.89. The largest absolute Gasteiger partial charge is 0.376 e. The van der Waals surface area contributed by atoms with Gasteiger partial charge in [-0.3, -0.25) is 4.79 Å². The summed E-state index contributed by atoms with van der Waals surface area (Å²) in [4.78, 5) is 22.0. The zero-order valence-corrected chi connectivity index (χ0v) is 17.6. The Morgan fingerprint density at radius 1 is 1.40 bits per heavy atom. The van der Waals surface area contributed by atoms with Crippen LogP contribution >= 0.6 is 11.3 Å². The Kier molecular flexibility index (Phi) is 5.10. The van der Waals surface area contributed by atoms with Gasteiger partial charge in [-0.05, 0) is 38.0 Å². The van der Waals surface area contributed by atoms with Crippen molar-refractivity contribution < 1.29 is 9.53 Å². The molecular formula is C22H23N5O2S. The zero-order chi connectivity index (χ0) is 20.5. The summed E-state index contributed by atoms with van der Waals surface area (Å²) in [5, 5.41) is 6.15. The molecule has 154 valence electrons. The van der Waals surface area contributed by atoms with E-state index in [1.807, 2.05) is 58.9 Å². The number of imidazole rings is 1. The molecule has 0 aromatic carbocycles. The van der Waals surface area contributed by atoms with Gasteiger partial charge in [0.25, 0.3) is 5.91 Å². The van der Waals surface area contributed by atoms with E-state index in [1.165, 1.54) is 0 Å². The number of carbonyl (C=O) groups is 1. The number of amides is 1. The molecule has 1 N–H and O–H groups in total. The van der Waals surface area contributed by atoms with Gasteiger partial charge in [0, 0.05) is 30.9 Å². The number of aromatic nitrogens is 4. The summed E-state index contributed by atoms with van der Waals surface area (Å²) in [6.07, 6.45) is 7.94. The molecule has 0 unspecified atom stereocenters. The molecule has 5 heterocycles. The van der Waals surface area contributed by atoms with Gasteiger partial charge in [-0.15, -0.1) is 11.3 Å². The zero-order valence-electron chi connectivity index (χ0n) is 16.7. The van der Waals surface area contributed by atoms with Gasteiger partial charge in [-0.1, -0.05) is 6.07 Å². The van der Waals surface area contributed by atoms with E-state index in [1.54, 1.807) is 11.3 Å². The van der Waals surface area contributed by atoms with E-state index >= 15 is 0 Å². The highest BCUT2D eigenvalue weighted by atomic mass is 32.1. The molecule has 1 aliphatic heterocycles. The van der Waals surface area contributed by atoms with Crippen molar-refractivity contribution in [3.05, 3.63) is 64.6 Å². The number of hydrogen-bond acceptors (Lipinski definition) is 5. The van der Waals surface area contributed by atoms with Crippen molar-refractivity contribution in [3.8, 4) is 11.4 Å². The minimum atomic E-state index is -0.0853. The lowest BCUT2D eigenvalue weighted by molar-refractivity contribution is 0.0859. The Hall–Kier alpha value is -2.97. The third-order valence-corrected chi connectivity index (χ3v) is 6.16. The normalized spacial score (nSPS) is 16.4. The number of ether oxygens (including phenoxy) is 1. The van der Waals surface area contributed by atoms with Crippen LogP contribution in [0.1, 0.15) is 33.9 Å². The lowest BCUT2D eigenvalue weighted by Crippen LogP contribution is -2.31. The Morgan fingerprint density at radius 2 is 2.33 bits per heavy atom. The summed E-state index contributed by atoms with van der Waals surface area (Å²) in [7, 11) is 0. The van der Waals surface area contributed by atoms with Gasteiger partial charge in [0.05, 0.1) is 46.5 Å². The molecule has 0 radical (unpaired) electrons. The molecule has 5 rings (SSSR count). The molecule has 0 aliphatic carbocycles. The maximum Gasteiger partial charge on any atom is 0.253 e. The quantitative estimate of drug-likeness (QED) is 0.517. The van der Waals surface area contributed by atoms with Gasteiger partial charge in [0.2, 0.25) is 0 Å². The SMILES string of the molecule is Cc1nc(Cn2cnc(-c3cc(C(=O)NC[C@@H]4CCCO4)c4ccccn34)c2)cs1. The molecule has 0 bridgehead atoms. The monoisotopic (exact) mass is 421 g/mol. The highest BCUT2D eigenvalue weighted by Crippen LogP contribution is 2.25. The number of thiazole rings is 1.